The average molecular weight is 235 g/mol. The van der Waals surface area contributed by atoms with Gasteiger partial charge in [-0.25, -0.2) is 0 Å². The van der Waals surface area contributed by atoms with E-state index < -0.39 is 5.41 Å². The highest BCUT2D eigenvalue weighted by molar-refractivity contribution is 5.84. The van der Waals surface area contributed by atoms with Gasteiger partial charge in [-0.1, -0.05) is 12.1 Å². The van der Waals surface area contributed by atoms with E-state index in [1.165, 1.54) is 7.11 Å². The number of ether oxygens (including phenoxy) is 2. The molecule has 0 radical (unpaired) electrons. The molecule has 0 bridgehead atoms. The highest BCUT2D eigenvalue weighted by Gasteiger charge is 2.44. The Morgan fingerprint density at radius 2 is 2.24 bits per heavy atom. The van der Waals surface area contributed by atoms with E-state index >= 15 is 0 Å². The Hall–Kier alpha value is -1.55. The Kier molecular flexibility index (Phi) is 3.33. The van der Waals surface area contributed by atoms with Gasteiger partial charge in [-0.3, -0.25) is 4.79 Å². The Bertz CT molecular complexity index is 411. The lowest BCUT2D eigenvalue weighted by molar-refractivity contribution is -0.146. The van der Waals surface area contributed by atoms with Gasteiger partial charge in [-0.05, 0) is 30.7 Å². The summed E-state index contributed by atoms with van der Waals surface area (Å²) in [4.78, 5) is 12.0. The largest absolute Gasteiger partial charge is 0.497 e. The first-order chi connectivity index (χ1) is 8.23. The molecule has 1 saturated heterocycles. The van der Waals surface area contributed by atoms with Gasteiger partial charge in [0, 0.05) is 6.54 Å². The van der Waals surface area contributed by atoms with Crippen LogP contribution in [0.15, 0.2) is 24.3 Å². The number of esters is 1. The smallest absolute Gasteiger partial charge is 0.317 e. The summed E-state index contributed by atoms with van der Waals surface area (Å²) in [6.45, 7) is 1.44. The first kappa shape index (κ1) is 11.9. The zero-order valence-electron chi connectivity index (χ0n) is 10.2. The lowest BCUT2D eigenvalue weighted by atomic mass is 9.79. The van der Waals surface area contributed by atoms with Gasteiger partial charge < -0.3 is 14.8 Å². The highest BCUT2D eigenvalue weighted by Crippen LogP contribution is 2.33. The van der Waals surface area contributed by atoms with Gasteiger partial charge >= 0.3 is 5.97 Å². The van der Waals surface area contributed by atoms with Crippen LogP contribution in [0, 0.1) is 0 Å². The zero-order valence-corrected chi connectivity index (χ0v) is 10.2. The molecule has 1 atom stereocenters. The second-order valence-corrected chi connectivity index (χ2v) is 4.23. The maximum atomic E-state index is 12.0. The SMILES string of the molecule is COC(=O)C1(c2cccc(OC)c2)CCNC1. The molecule has 1 unspecified atom stereocenters. The molecule has 0 aromatic heterocycles. The van der Waals surface area contributed by atoms with Gasteiger partial charge in [0.15, 0.2) is 0 Å². The molecule has 0 spiro atoms. The van der Waals surface area contributed by atoms with Crippen LogP contribution in [0.4, 0.5) is 0 Å². The van der Waals surface area contributed by atoms with Gasteiger partial charge in [0.05, 0.1) is 14.2 Å². The van der Waals surface area contributed by atoms with Crippen molar-refractivity contribution in [2.75, 3.05) is 27.3 Å². The second kappa shape index (κ2) is 4.75. The molecule has 0 aliphatic carbocycles. The fourth-order valence-corrected chi connectivity index (χ4v) is 2.35. The summed E-state index contributed by atoms with van der Waals surface area (Å²) in [5, 5.41) is 3.22. The van der Waals surface area contributed by atoms with E-state index in [0.29, 0.717) is 6.54 Å². The van der Waals surface area contributed by atoms with E-state index in [-0.39, 0.29) is 5.97 Å². The number of methoxy groups -OCH3 is 2. The number of benzene rings is 1. The summed E-state index contributed by atoms with van der Waals surface area (Å²) < 4.78 is 10.1. The summed E-state index contributed by atoms with van der Waals surface area (Å²) in [5.74, 6) is 0.577. The van der Waals surface area contributed by atoms with Gasteiger partial charge in [-0.2, -0.15) is 0 Å². The summed E-state index contributed by atoms with van der Waals surface area (Å²) in [5.41, 5.74) is 0.386. The molecule has 4 nitrogen and oxygen atoms in total. The van der Waals surface area contributed by atoms with Crippen molar-refractivity contribution in [1.82, 2.24) is 5.32 Å². The van der Waals surface area contributed by atoms with Crippen LogP contribution in [0.2, 0.25) is 0 Å². The molecule has 2 rings (SSSR count). The number of carbonyl (C=O) groups excluding carboxylic acids is 1. The second-order valence-electron chi connectivity index (χ2n) is 4.23. The Morgan fingerprint density at radius 1 is 1.41 bits per heavy atom. The van der Waals surface area contributed by atoms with Crippen LogP contribution >= 0.6 is 0 Å². The monoisotopic (exact) mass is 235 g/mol. The van der Waals surface area contributed by atoms with Crippen molar-refractivity contribution in [2.24, 2.45) is 0 Å². The Morgan fingerprint density at radius 3 is 2.82 bits per heavy atom. The van der Waals surface area contributed by atoms with Crippen LogP contribution in [0.3, 0.4) is 0 Å². The quantitative estimate of drug-likeness (QED) is 0.797. The molecule has 0 saturated carbocycles. The highest BCUT2D eigenvalue weighted by atomic mass is 16.5. The van der Waals surface area contributed by atoms with E-state index in [9.17, 15) is 4.79 Å². The molecule has 1 aliphatic rings. The van der Waals surface area contributed by atoms with Crippen molar-refractivity contribution in [3.63, 3.8) is 0 Å². The number of nitrogens with one attached hydrogen (secondary N) is 1. The summed E-state index contributed by atoms with van der Waals surface area (Å²) >= 11 is 0. The van der Waals surface area contributed by atoms with Crippen molar-refractivity contribution < 1.29 is 14.3 Å². The maximum Gasteiger partial charge on any atom is 0.317 e. The average Bonchev–Trinajstić information content (AvgIpc) is 2.88. The van der Waals surface area contributed by atoms with Crippen LogP contribution in [0.5, 0.6) is 5.75 Å². The molecule has 1 fully saturated rings. The third-order valence-corrected chi connectivity index (χ3v) is 3.35. The van der Waals surface area contributed by atoms with Crippen LogP contribution in [0.25, 0.3) is 0 Å². The van der Waals surface area contributed by atoms with E-state index in [2.05, 4.69) is 5.32 Å². The molecule has 1 heterocycles. The third-order valence-electron chi connectivity index (χ3n) is 3.35. The van der Waals surface area contributed by atoms with Crippen LogP contribution in [-0.4, -0.2) is 33.3 Å². The van der Waals surface area contributed by atoms with Crippen molar-refractivity contribution in [3.05, 3.63) is 29.8 Å². The number of hydrogen-bond acceptors (Lipinski definition) is 4. The number of carbonyl (C=O) groups is 1. The molecule has 1 aromatic carbocycles. The predicted molar refractivity (Wildman–Crippen MR) is 64.2 cm³/mol. The first-order valence-electron chi connectivity index (χ1n) is 5.66. The van der Waals surface area contributed by atoms with Gasteiger partial charge in [0.2, 0.25) is 0 Å². The molecule has 1 aromatic rings. The van der Waals surface area contributed by atoms with Crippen molar-refractivity contribution in [2.45, 2.75) is 11.8 Å². The first-order valence-corrected chi connectivity index (χ1v) is 5.66. The standard InChI is InChI=1S/C13H17NO3/c1-16-11-5-3-4-10(8-11)13(12(15)17-2)6-7-14-9-13/h3-5,8,14H,6-7,9H2,1-2H3. The van der Waals surface area contributed by atoms with E-state index in [1.807, 2.05) is 24.3 Å². The number of hydrogen-bond donors (Lipinski definition) is 1. The normalized spacial score (nSPS) is 23.4. The zero-order chi connectivity index (χ0) is 12.3. The molecule has 17 heavy (non-hydrogen) atoms. The van der Waals surface area contributed by atoms with Crippen LogP contribution in [0.1, 0.15) is 12.0 Å². The van der Waals surface area contributed by atoms with E-state index in [4.69, 9.17) is 9.47 Å². The lowest BCUT2D eigenvalue weighted by Crippen LogP contribution is -2.39. The summed E-state index contributed by atoms with van der Waals surface area (Å²) in [6.07, 6.45) is 0.757. The van der Waals surface area contributed by atoms with Crippen molar-refractivity contribution >= 4 is 5.97 Å². The lowest BCUT2D eigenvalue weighted by Gasteiger charge is -2.25. The predicted octanol–water partition coefficient (Wildman–Crippen LogP) is 1.10. The molecular weight excluding hydrogens is 218 g/mol. The van der Waals surface area contributed by atoms with Gasteiger partial charge in [0.25, 0.3) is 0 Å². The molecule has 1 aliphatic heterocycles. The number of rotatable bonds is 3. The molecule has 0 amide bonds. The topological polar surface area (TPSA) is 47.6 Å². The molecule has 4 heteroatoms. The minimum Gasteiger partial charge on any atom is -0.497 e. The van der Waals surface area contributed by atoms with E-state index in [1.54, 1.807) is 7.11 Å². The van der Waals surface area contributed by atoms with E-state index in [0.717, 1.165) is 24.3 Å². The third kappa shape index (κ3) is 2.00. The fraction of sp³-hybridized carbons (Fsp3) is 0.462. The fourth-order valence-electron chi connectivity index (χ4n) is 2.35. The maximum absolute atomic E-state index is 12.0. The molecule has 92 valence electrons. The van der Waals surface area contributed by atoms with Crippen LogP contribution < -0.4 is 10.1 Å². The minimum atomic E-state index is -0.566. The summed E-state index contributed by atoms with van der Waals surface area (Å²) in [7, 11) is 3.05. The minimum absolute atomic E-state index is 0.184. The molecule has 1 N–H and O–H groups in total. The van der Waals surface area contributed by atoms with Crippen molar-refractivity contribution in [3.8, 4) is 5.75 Å². The Labute approximate surface area is 101 Å². The Balaban J connectivity index is 2.42. The van der Waals surface area contributed by atoms with Gasteiger partial charge in [-0.15, -0.1) is 0 Å². The van der Waals surface area contributed by atoms with Crippen molar-refractivity contribution in [1.29, 1.82) is 0 Å². The molecular formula is C13H17NO3. The van der Waals surface area contributed by atoms with Gasteiger partial charge in [0.1, 0.15) is 11.2 Å². The van der Waals surface area contributed by atoms with Crippen LogP contribution in [-0.2, 0) is 14.9 Å². The summed E-state index contributed by atoms with van der Waals surface area (Å²) in [6, 6.07) is 7.63.